The first-order chi connectivity index (χ1) is 61.1. The monoisotopic (exact) mass is 2380 g/mol. The third-order valence-electron chi connectivity index (χ3n) is 14.7. The summed E-state index contributed by atoms with van der Waals surface area (Å²) in [7, 11) is 0. The number of nitrogens with two attached hydrogens (primary N) is 4. The molecule has 0 saturated carbocycles. The summed E-state index contributed by atoms with van der Waals surface area (Å²) >= 11 is 3.20. The first-order valence-electron chi connectivity index (χ1n) is 42.2. The Labute approximate surface area is 982 Å². The predicted molar refractivity (Wildman–Crippen MR) is 554 cm³/mol. The number of carbonyl (C=O) groups is 6. The topological polar surface area (TPSA) is 372 Å². The third-order valence-corrected chi connectivity index (χ3v) is 15.1. The van der Waals surface area contributed by atoms with Gasteiger partial charge in [0.15, 0.2) is 0 Å². The number of carboxylic acid groups (broad SMARTS) is 2. The Bertz CT molecular complexity index is 4360. The largest absolute Gasteiger partial charge is 0.478 e. The smallest absolute Gasteiger partial charge is 0.327 e. The SMILES string of the molecule is C/C=C/C.C/C=C/C.C/C=C/C(=O)O.C/C=C/C(=O)O.C=CC.CC(C)(C)/C=C/C(=O)Nc1ccccc1N.CC(C)(C)/C=C/C(=O)Nc1ccccc1N.CC(C)(C)C(=O)Nc1ccccc1N.CC(C)(C)C(=O)Nc1ccccc1N.Cc1[c-]nc(Br)cc1.Cc1[c-]nc(C)cc1.Cc1[c-]nc(C)cc1.Cc1[c-]nc(C)cc1.Cc1[c-]nc(C)cc1.Cc1[c-]nc(C)cc1.[Y].[Y].[Y].[Y].[Y].[Y]. The summed E-state index contributed by atoms with van der Waals surface area (Å²) in [6.07, 6.45) is 38.7. The quantitative estimate of drug-likeness (QED) is 0.0222. The van der Waals surface area contributed by atoms with Gasteiger partial charge >= 0.3 is 11.9 Å². The summed E-state index contributed by atoms with van der Waals surface area (Å²) in [5.74, 6) is -2.17. The van der Waals surface area contributed by atoms with E-state index in [9.17, 15) is 28.8 Å². The van der Waals surface area contributed by atoms with Crippen LogP contribution in [-0.2, 0) is 225 Å². The Morgan fingerprint density at radius 2 is 0.496 bits per heavy atom. The molecule has 0 saturated heterocycles. The molecular formula is C108H147BrN14O8Y6-6. The van der Waals surface area contributed by atoms with Gasteiger partial charge in [-0.15, -0.1) is 62.0 Å². The summed E-state index contributed by atoms with van der Waals surface area (Å²) in [6.45, 7) is 61.6. The molecule has 0 aliphatic rings. The van der Waals surface area contributed by atoms with Crippen LogP contribution in [0.15, 0.2) is 260 Å². The molecule has 14 N–H and O–H groups in total. The minimum Gasteiger partial charge on any atom is -0.478 e. The first-order valence-corrected chi connectivity index (χ1v) is 42.9. The molecule has 4 amide bonds. The number of aryl methyl sites for hydroxylation is 11. The number of carboxylic acids is 2. The zero-order valence-electron chi connectivity index (χ0n) is 86.6. The number of aliphatic carboxylic acids is 2. The number of hydrogen-bond donors (Lipinski definition) is 10. The van der Waals surface area contributed by atoms with Crippen molar-refractivity contribution < 1.29 is 235 Å². The molecule has 6 aromatic heterocycles. The van der Waals surface area contributed by atoms with Crippen LogP contribution in [0.3, 0.4) is 0 Å². The Kier molecular flexibility index (Phi) is 102. The maximum absolute atomic E-state index is 11.6. The second-order valence-corrected chi connectivity index (χ2v) is 33.3. The van der Waals surface area contributed by atoms with Crippen LogP contribution >= 0.6 is 15.9 Å². The minimum atomic E-state index is -0.891. The molecule has 6 heterocycles. The molecule has 0 aliphatic carbocycles. The van der Waals surface area contributed by atoms with Crippen molar-refractivity contribution in [1.82, 2.24) is 29.9 Å². The van der Waals surface area contributed by atoms with Crippen molar-refractivity contribution in [3.05, 3.63) is 359 Å². The van der Waals surface area contributed by atoms with Crippen molar-refractivity contribution in [3.8, 4) is 0 Å². The van der Waals surface area contributed by atoms with Crippen molar-refractivity contribution in [2.75, 3.05) is 44.2 Å². The number of halogens is 1. The van der Waals surface area contributed by atoms with Gasteiger partial charge in [-0.25, -0.2) is 9.59 Å². The zero-order chi connectivity index (χ0) is 101. The summed E-state index contributed by atoms with van der Waals surface area (Å²) in [5.41, 5.74) is 38.6. The van der Waals surface area contributed by atoms with Crippen LogP contribution in [0, 0.1) is 135 Å². The van der Waals surface area contributed by atoms with E-state index < -0.39 is 22.8 Å². The normalized spacial score (nSPS) is 9.72. The van der Waals surface area contributed by atoms with Gasteiger partial charge in [0.25, 0.3) is 0 Å². The van der Waals surface area contributed by atoms with Crippen molar-refractivity contribution >= 4 is 97.0 Å². The van der Waals surface area contributed by atoms with Gasteiger partial charge in [-0.2, -0.15) is 66.7 Å². The van der Waals surface area contributed by atoms with Crippen LogP contribution in [0.1, 0.15) is 193 Å². The number of amides is 4. The average Bonchev–Trinajstić information content (AvgIpc) is 0.868. The Morgan fingerprint density at radius 1 is 0.307 bits per heavy atom. The van der Waals surface area contributed by atoms with Crippen LogP contribution in [0.5, 0.6) is 0 Å². The Balaban J connectivity index is -0.000000140. The van der Waals surface area contributed by atoms with Gasteiger partial charge < -0.3 is 84.3 Å². The number of nitrogens with one attached hydrogen (secondary N) is 4. The molecule has 0 unspecified atom stereocenters. The van der Waals surface area contributed by atoms with E-state index >= 15 is 0 Å². The van der Waals surface area contributed by atoms with E-state index in [4.69, 9.17) is 33.1 Å². The van der Waals surface area contributed by atoms with Crippen molar-refractivity contribution in [1.29, 1.82) is 0 Å². The summed E-state index contributed by atoms with van der Waals surface area (Å²) < 4.78 is 0.836. The number of carbonyl (C=O) groups excluding carboxylic acids is 4. The number of benzene rings is 4. The predicted octanol–water partition coefficient (Wildman–Crippen LogP) is 25.2. The number of rotatable bonds is 8. The molecule has 0 spiro atoms. The van der Waals surface area contributed by atoms with E-state index in [1.54, 1.807) is 68.5 Å². The number of aromatic nitrogens is 6. The maximum Gasteiger partial charge on any atom is 0.327 e. The minimum absolute atomic E-state index is 0. The van der Waals surface area contributed by atoms with Gasteiger partial charge in [-0.05, 0) is 125 Å². The summed E-state index contributed by atoms with van der Waals surface area (Å²) in [6, 6.07) is 52.6. The number of anilines is 8. The molecule has 22 nitrogen and oxygen atoms in total. The molecule has 4 aromatic carbocycles. The van der Waals surface area contributed by atoms with Crippen LogP contribution in [0.4, 0.5) is 45.5 Å². The molecule has 6 radical (unpaired) electrons. The fourth-order valence-corrected chi connectivity index (χ4v) is 7.46. The van der Waals surface area contributed by atoms with Gasteiger partial charge in [-0.1, -0.05) is 328 Å². The van der Waals surface area contributed by atoms with Gasteiger partial charge in [-0.3, -0.25) is 19.2 Å². The van der Waals surface area contributed by atoms with Gasteiger partial charge in [0.1, 0.15) is 0 Å². The molecule has 0 fully saturated rings. The molecule has 0 bridgehead atoms. The molecule has 0 aliphatic heterocycles. The maximum atomic E-state index is 11.6. The van der Waals surface area contributed by atoms with E-state index in [1.807, 2.05) is 352 Å². The number of pyridine rings is 6. The molecule has 728 valence electrons. The average molecular weight is 2380 g/mol. The van der Waals surface area contributed by atoms with Gasteiger partial charge in [0, 0.05) is 219 Å². The molecule has 0 atom stereocenters. The van der Waals surface area contributed by atoms with Crippen molar-refractivity contribution in [3.63, 3.8) is 0 Å². The fraction of sp³-hybridized carbons (Fsp3) is 0.315. The fourth-order valence-electron chi connectivity index (χ4n) is 7.24. The van der Waals surface area contributed by atoms with Crippen LogP contribution < -0.4 is 44.2 Å². The van der Waals surface area contributed by atoms with Crippen LogP contribution in [0.2, 0.25) is 0 Å². The van der Waals surface area contributed by atoms with E-state index in [0.29, 0.717) is 45.5 Å². The van der Waals surface area contributed by atoms with Crippen molar-refractivity contribution in [2.24, 2.45) is 21.7 Å². The number of allylic oxidation sites excluding steroid dienone is 9. The number of nitrogen functional groups attached to an aromatic ring is 4. The second-order valence-electron chi connectivity index (χ2n) is 32.5. The zero-order valence-corrected chi connectivity index (χ0v) is 105. The number of hydrogen-bond acceptors (Lipinski definition) is 16. The van der Waals surface area contributed by atoms with Crippen LogP contribution in [0.25, 0.3) is 0 Å². The van der Waals surface area contributed by atoms with Crippen molar-refractivity contribution in [2.45, 2.75) is 208 Å². The first kappa shape index (κ1) is 153. The molecule has 29 heteroatoms. The summed E-state index contributed by atoms with van der Waals surface area (Å²) in [5, 5.41) is 26.7. The van der Waals surface area contributed by atoms with E-state index in [2.05, 4.69) is 111 Å². The number of para-hydroxylation sites is 8. The Hall–Kier alpha value is -6.92. The standard InChI is InChI=1S/2C13H18N2O.2C11H16N2O.5C7H8N.C6H5BrN.2C4H6O2.2C4H8.C3H6.6Y/c2*1-13(2,3)9-8-12(16)15-11-7-5-4-6-10(11)14;2*1-11(2,3)10(14)13-9-7-5-4-6-8(9)12;5*1-6-3-4-7(2)8-5-6;1-5-2-3-6(7)8-4-5;2*1-2-3-4(5)6;2*1-3-4-2;1-3-2;;;;;;/h2*4-9H,14H2,1-3H3,(H,15,16);2*4-7H,12H2,1-3H3,(H,13,14);5*3-4H,1-2H3;2-3H,1H3;2*2-3H,1H3,(H,5,6);2*3-4H,1-2H3;3H,1H2,2H3;;;;;;/q;;;;6*-1;;;;;;;;;;;/b2*9-8+;;;;;;;;;2*3-2+;2*4-3+;;;;;;;. The third kappa shape index (κ3) is 99.0. The van der Waals surface area contributed by atoms with E-state index in [1.165, 1.54) is 24.3 Å². The molecule has 10 rings (SSSR count). The number of nitrogens with zero attached hydrogens (tertiary/aromatic N) is 6. The van der Waals surface area contributed by atoms with Gasteiger partial charge in [0.2, 0.25) is 23.6 Å². The summed E-state index contributed by atoms with van der Waals surface area (Å²) in [4.78, 5) is 89.0. The Morgan fingerprint density at radius 3 is 0.620 bits per heavy atom. The molecular weight excluding hydrogens is 2230 g/mol. The van der Waals surface area contributed by atoms with Gasteiger partial charge in [0.05, 0.1) is 45.5 Å². The molecule has 10 aromatic rings. The second kappa shape index (κ2) is 91.6. The molecule has 137 heavy (non-hydrogen) atoms. The van der Waals surface area contributed by atoms with E-state index in [0.717, 1.165) is 78.6 Å². The van der Waals surface area contributed by atoms with Crippen LogP contribution in [-0.4, -0.2) is 75.7 Å². The van der Waals surface area contributed by atoms with E-state index in [-0.39, 0.29) is 231 Å².